The normalized spacial score (nSPS) is 16.2. The fourth-order valence-corrected chi connectivity index (χ4v) is 7.03. The number of aryl methyl sites for hydroxylation is 2. The molecule has 2 N–H and O–H groups in total. The Hall–Kier alpha value is -3.39. The molecule has 0 aliphatic carbocycles. The molecule has 43 heavy (non-hydrogen) atoms. The van der Waals surface area contributed by atoms with Crippen LogP contribution in [0.3, 0.4) is 0 Å². The first-order valence-corrected chi connectivity index (χ1v) is 18.5. The number of carbonyl (C=O) groups excluding carboxylic acids is 2. The summed E-state index contributed by atoms with van der Waals surface area (Å²) in [5, 5.41) is 14.8. The van der Waals surface area contributed by atoms with Gasteiger partial charge in [0.15, 0.2) is 8.32 Å². The van der Waals surface area contributed by atoms with Crippen molar-refractivity contribution in [3.63, 3.8) is 0 Å². The van der Waals surface area contributed by atoms with Gasteiger partial charge in [-0.05, 0) is 50.5 Å². The summed E-state index contributed by atoms with van der Waals surface area (Å²) in [6.07, 6.45) is 10.9. The zero-order valence-electron chi connectivity index (χ0n) is 26.1. The van der Waals surface area contributed by atoms with E-state index in [1.54, 1.807) is 40.8 Å². The zero-order valence-corrected chi connectivity index (χ0v) is 27.9. The van der Waals surface area contributed by atoms with Gasteiger partial charge in [0.25, 0.3) is 11.8 Å². The van der Waals surface area contributed by atoms with Crippen LogP contribution in [0.15, 0.2) is 37.1 Å². The largest absolute Gasteiger partial charge is 0.416 e. The maximum Gasteiger partial charge on any atom is 0.260 e. The third-order valence-electron chi connectivity index (χ3n) is 8.67. The Bertz CT molecular complexity index is 1620. The minimum absolute atomic E-state index is 0.185. The second-order valence-corrected chi connectivity index (χ2v) is 18.6. The molecule has 0 saturated carbocycles. The van der Waals surface area contributed by atoms with Gasteiger partial charge in [0, 0.05) is 56.9 Å². The highest BCUT2D eigenvalue weighted by Gasteiger charge is 2.37. The van der Waals surface area contributed by atoms with Gasteiger partial charge >= 0.3 is 0 Å². The summed E-state index contributed by atoms with van der Waals surface area (Å²) in [6.45, 7) is 16.3. The molecule has 0 bridgehead atoms. The van der Waals surface area contributed by atoms with Crippen molar-refractivity contribution >= 4 is 42.0 Å². The van der Waals surface area contributed by atoms with E-state index in [0.29, 0.717) is 35.7 Å². The quantitative estimate of drug-likeness (QED) is 0.240. The third kappa shape index (κ3) is 6.90. The van der Waals surface area contributed by atoms with E-state index in [4.69, 9.17) is 4.43 Å². The minimum atomic E-state index is -1.79. The smallest absolute Gasteiger partial charge is 0.260 e. The SMILES string of the molecule is Cc1ncc(C(=O)NCC2CCCN2CCO[Si](C)(C)C(C)(C)C)cc1NC(=O)c1cnn2cc(-c3cnn(C)c3)sc12. The van der Waals surface area contributed by atoms with E-state index in [2.05, 4.69) is 64.6 Å². The molecule has 0 spiro atoms. The van der Waals surface area contributed by atoms with Gasteiger partial charge in [-0.25, -0.2) is 4.52 Å². The summed E-state index contributed by atoms with van der Waals surface area (Å²) in [6, 6.07) is 1.96. The number of hydrogen-bond acceptors (Lipinski definition) is 8. The Balaban J connectivity index is 1.19. The molecule has 1 atom stereocenters. The van der Waals surface area contributed by atoms with E-state index >= 15 is 0 Å². The van der Waals surface area contributed by atoms with Gasteiger partial charge in [0.1, 0.15) is 4.83 Å². The summed E-state index contributed by atoms with van der Waals surface area (Å²) in [4.78, 5) is 34.9. The number of carbonyl (C=O) groups is 2. The second-order valence-electron chi connectivity index (χ2n) is 12.8. The molecule has 1 saturated heterocycles. The van der Waals surface area contributed by atoms with Crippen LogP contribution in [0.2, 0.25) is 18.1 Å². The number of anilines is 1. The molecule has 230 valence electrons. The highest BCUT2D eigenvalue weighted by Crippen LogP contribution is 2.36. The number of amides is 2. The standard InChI is InChI=1S/C30H42N8O3SSi/c1-20-25(35-28(40)24-17-34-38-19-26(42-29(24)38)22-15-33-36(5)18-22)13-21(14-31-20)27(39)32-16-23-9-8-10-37(23)11-12-41-43(6,7)30(2,3)4/h13-15,17-19,23H,8-12,16H2,1-7H3,(H,32,39)(H,35,40). The Morgan fingerprint density at radius 2 is 1.93 bits per heavy atom. The first-order chi connectivity index (χ1) is 20.3. The molecule has 1 fully saturated rings. The average molecular weight is 623 g/mol. The summed E-state index contributed by atoms with van der Waals surface area (Å²) in [5.41, 5.74) is 2.93. The number of nitrogens with one attached hydrogen (secondary N) is 2. The van der Waals surface area contributed by atoms with Crippen molar-refractivity contribution in [3.05, 3.63) is 53.9 Å². The number of nitrogens with zero attached hydrogens (tertiary/aromatic N) is 6. The minimum Gasteiger partial charge on any atom is -0.416 e. The van der Waals surface area contributed by atoms with Crippen LogP contribution in [0.1, 0.15) is 60.0 Å². The lowest BCUT2D eigenvalue weighted by Gasteiger charge is -2.37. The van der Waals surface area contributed by atoms with E-state index < -0.39 is 8.32 Å². The van der Waals surface area contributed by atoms with E-state index in [-0.39, 0.29) is 22.9 Å². The summed E-state index contributed by atoms with van der Waals surface area (Å²) >= 11 is 1.47. The van der Waals surface area contributed by atoms with Crippen molar-refractivity contribution in [2.45, 2.75) is 64.7 Å². The van der Waals surface area contributed by atoms with Gasteiger partial charge in [-0.2, -0.15) is 10.2 Å². The van der Waals surface area contributed by atoms with Crippen molar-refractivity contribution < 1.29 is 14.0 Å². The first kappa shape index (κ1) is 31.0. The molecule has 1 aliphatic rings. The number of aromatic nitrogens is 5. The van der Waals surface area contributed by atoms with Crippen LogP contribution in [-0.2, 0) is 11.5 Å². The van der Waals surface area contributed by atoms with Gasteiger partial charge in [-0.15, -0.1) is 11.3 Å². The molecule has 4 aromatic heterocycles. The number of likely N-dealkylation sites (tertiary alicyclic amines) is 1. The summed E-state index contributed by atoms with van der Waals surface area (Å²) in [5.74, 6) is -0.516. The van der Waals surface area contributed by atoms with Crippen molar-refractivity contribution in [1.29, 1.82) is 0 Å². The van der Waals surface area contributed by atoms with Crippen LogP contribution in [0, 0.1) is 6.92 Å². The Labute approximate surface area is 257 Å². The lowest BCUT2D eigenvalue weighted by atomic mass is 10.2. The monoisotopic (exact) mass is 622 g/mol. The van der Waals surface area contributed by atoms with E-state index in [9.17, 15) is 9.59 Å². The molecule has 4 aromatic rings. The lowest BCUT2D eigenvalue weighted by Crippen LogP contribution is -2.45. The maximum atomic E-state index is 13.3. The topological polar surface area (TPSA) is 119 Å². The van der Waals surface area contributed by atoms with Crippen molar-refractivity contribution in [2.24, 2.45) is 7.05 Å². The zero-order chi connectivity index (χ0) is 30.9. The molecular weight excluding hydrogens is 581 g/mol. The molecule has 0 aromatic carbocycles. The van der Waals surface area contributed by atoms with Gasteiger partial charge in [-0.1, -0.05) is 20.8 Å². The van der Waals surface area contributed by atoms with Crippen LogP contribution in [0.25, 0.3) is 15.3 Å². The molecular formula is C30H42N8O3SSi. The van der Waals surface area contributed by atoms with Gasteiger partial charge in [0.05, 0.1) is 39.8 Å². The Morgan fingerprint density at radius 3 is 2.65 bits per heavy atom. The van der Waals surface area contributed by atoms with E-state index in [1.165, 1.54) is 11.3 Å². The lowest BCUT2D eigenvalue weighted by molar-refractivity contribution is 0.0936. The highest BCUT2D eigenvalue weighted by molar-refractivity contribution is 7.21. The predicted molar refractivity (Wildman–Crippen MR) is 172 cm³/mol. The first-order valence-electron chi connectivity index (χ1n) is 14.7. The fourth-order valence-electron chi connectivity index (χ4n) is 4.97. The molecule has 13 heteroatoms. The van der Waals surface area contributed by atoms with Crippen LogP contribution < -0.4 is 10.6 Å². The van der Waals surface area contributed by atoms with Gasteiger partial charge < -0.3 is 15.1 Å². The number of thiazole rings is 1. The fraction of sp³-hybridized carbons (Fsp3) is 0.500. The second kappa shape index (κ2) is 12.3. The number of fused-ring (bicyclic) bond motifs is 1. The van der Waals surface area contributed by atoms with Crippen LogP contribution in [0.4, 0.5) is 5.69 Å². The van der Waals surface area contributed by atoms with Crippen LogP contribution in [0.5, 0.6) is 0 Å². The highest BCUT2D eigenvalue weighted by atomic mass is 32.1. The molecule has 11 nitrogen and oxygen atoms in total. The van der Waals surface area contributed by atoms with Crippen molar-refractivity contribution in [3.8, 4) is 10.4 Å². The molecule has 2 amide bonds. The van der Waals surface area contributed by atoms with Crippen molar-refractivity contribution in [1.82, 2.24) is 34.6 Å². The summed E-state index contributed by atoms with van der Waals surface area (Å²) in [7, 11) is 0.0780. The van der Waals surface area contributed by atoms with E-state index in [0.717, 1.165) is 41.2 Å². The number of rotatable bonds is 10. The van der Waals surface area contributed by atoms with Crippen molar-refractivity contribution in [2.75, 3.05) is 31.6 Å². The third-order valence-corrected chi connectivity index (χ3v) is 14.4. The van der Waals surface area contributed by atoms with Crippen LogP contribution >= 0.6 is 11.3 Å². The number of hydrogen-bond donors (Lipinski definition) is 2. The Morgan fingerprint density at radius 1 is 1.14 bits per heavy atom. The molecule has 5 rings (SSSR count). The summed E-state index contributed by atoms with van der Waals surface area (Å²) < 4.78 is 9.82. The average Bonchev–Trinajstić information content (AvgIpc) is 3.72. The van der Waals surface area contributed by atoms with Gasteiger partial charge in [0.2, 0.25) is 0 Å². The van der Waals surface area contributed by atoms with Crippen LogP contribution in [-0.4, -0.2) is 81.7 Å². The number of pyridine rings is 1. The molecule has 1 aliphatic heterocycles. The molecule has 0 radical (unpaired) electrons. The molecule has 5 heterocycles. The predicted octanol–water partition coefficient (Wildman–Crippen LogP) is 4.97. The van der Waals surface area contributed by atoms with E-state index in [1.807, 2.05) is 19.4 Å². The maximum absolute atomic E-state index is 13.3. The molecule has 1 unspecified atom stereocenters. The van der Waals surface area contributed by atoms with Gasteiger partial charge in [-0.3, -0.25) is 24.2 Å². The Kier molecular flexibility index (Phi) is 8.89.